The SMILES string of the molecule is c1ccc(C2NC(c3ccc4c(c3)oc3cc(-n5c6ccc7ccccc7c6c6c7ccccc7ccc65)ccc34)=Nc3c2sc2ccccc32)cc1. The standard InChI is InChI=1S/C48H29N3OS/c1-2-12-30(13-3-1)45-47-46(37-16-8-9-17-42(37)53-47)50-48(49-45)31-18-22-35-36-23-21-32(27-41(36)52-40(35)26-31)51-38-24-19-28-10-4-6-14-33(28)43(38)44-34-15-7-5-11-29(34)20-25-39(44)51/h1-27,45H,(H,49,50). The third-order valence-electron chi connectivity index (χ3n) is 11.0. The molecule has 4 heterocycles. The van der Waals surface area contributed by atoms with E-state index in [0.29, 0.717) is 0 Å². The van der Waals surface area contributed by atoms with Gasteiger partial charge < -0.3 is 14.3 Å². The molecule has 1 N–H and O–H groups in total. The number of nitrogens with zero attached hydrogens (tertiary/aromatic N) is 2. The van der Waals surface area contributed by atoms with Crippen LogP contribution in [0.2, 0.25) is 0 Å². The first-order valence-electron chi connectivity index (χ1n) is 18.0. The van der Waals surface area contributed by atoms with Gasteiger partial charge in [0.05, 0.1) is 27.6 Å². The van der Waals surface area contributed by atoms with Crippen molar-refractivity contribution in [3.8, 4) is 5.69 Å². The average molecular weight is 696 g/mol. The number of aromatic nitrogens is 1. The lowest BCUT2D eigenvalue weighted by Crippen LogP contribution is -2.32. The van der Waals surface area contributed by atoms with Gasteiger partial charge in [0.1, 0.15) is 17.0 Å². The topological polar surface area (TPSA) is 42.5 Å². The molecule has 11 aromatic rings. The number of hydrogen-bond donors (Lipinski definition) is 1. The van der Waals surface area contributed by atoms with Gasteiger partial charge in [-0.3, -0.25) is 0 Å². The van der Waals surface area contributed by atoms with Crippen molar-refractivity contribution >= 4 is 98.2 Å². The molecule has 8 aromatic carbocycles. The second-order valence-electron chi connectivity index (χ2n) is 14.0. The number of fused-ring (bicyclic) bond motifs is 13. The fourth-order valence-electron chi connectivity index (χ4n) is 8.61. The van der Waals surface area contributed by atoms with Gasteiger partial charge >= 0.3 is 0 Å². The van der Waals surface area contributed by atoms with Crippen molar-refractivity contribution < 1.29 is 4.42 Å². The summed E-state index contributed by atoms with van der Waals surface area (Å²) in [5.74, 6) is 0.850. The summed E-state index contributed by atoms with van der Waals surface area (Å²) in [5, 5.41) is 14.7. The summed E-state index contributed by atoms with van der Waals surface area (Å²) in [4.78, 5) is 6.50. The van der Waals surface area contributed by atoms with Gasteiger partial charge in [-0.05, 0) is 69.6 Å². The zero-order valence-corrected chi connectivity index (χ0v) is 29.2. The lowest BCUT2D eigenvalue weighted by Gasteiger charge is -2.25. The van der Waals surface area contributed by atoms with Crippen LogP contribution in [0.15, 0.2) is 173 Å². The molecule has 1 aliphatic rings. The first-order valence-corrected chi connectivity index (χ1v) is 18.8. The van der Waals surface area contributed by atoms with Gasteiger partial charge in [-0.15, -0.1) is 11.3 Å². The van der Waals surface area contributed by atoms with Crippen LogP contribution in [0.25, 0.3) is 81.1 Å². The van der Waals surface area contributed by atoms with Crippen molar-refractivity contribution in [2.24, 2.45) is 4.99 Å². The second kappa shape index (κ2) is 10.9. The molecule has 1 unspecified atom stereocenters. The Hall–Kier alpha value is -6.69. The number of nitrogens with one attached hydrogen (secondary N) is 1. The van der Waals surface area contributed by atoms with E-state index < -0.39 is 0 Å². The molecule has 0 amide bonds. The van der Waals surface area contributed by atoms with E-state index in [-0.39, 0.29) is 6.04 Å². The van der Waals surface area contributed by atoms with Gasteiger partial charge in [0, 0.05) is 48.9 Å². The zero-order chi connectivity index (χ0) is 34.6. The van der Waals surface area contributed by atoms with Crippen LogP contribution >= 0.6 is 11.3 Å². The monoisotopic (exact) mass is 695 g/mol. The molecule has 4 nitrogen and oxygen atoms in total. The van der Waals surface area contributed by atoms with Crippen molar-refractivity contribution in [2.75, 3.05) is 0 Å². The summed E-state index contributed by atoms with van der Waals surface area (Å²) >= 11 is 1.82. The molecule has 248 valence electrons. The highest BCUT2D eigenvalue weighted by atomic mass is 32.1. The Kier molecular flexibility index (Phi) is 5.96. The molecule has 1 atom stereocenters. The molecule has 5 heteroatoms. The van der Waals surface area contributed by atoms with Gasteiger partial charge in [0.2, 0.25) is 0 Å². The Morgan fingerprint density at radius 1 is 0.547 bits per heavy atom. The largest absolute Gasteiger partial charge is 0.456 e. The smallest absolute Gasteiger partial charge is 0.137 e. The molecule has 0 saturated carbocycles. The molecular weight excluding hydrogens is 667 g/mol. The van der Waals surface area contributed by atoms with Crippen LogP contribution in [-0.4, -0.2) is 10.4 Å². The Balaban J connectivity index is 1.03. The van der Waals surface area contributed by atoms with E-state index in [4.69, 9.17) is 9.41 Å². The van der Waals surface area contributed by atoms with Crippen LogP contribution in [-0.2, 0) is 0 Å². The molecule has 0 aliphatic carbocycles. The van der Waals surface area contributed by atoms with Gasteiger partial charge in [-0.1, -0.05) is 115 Å². The van der Waals surface area contributed by atoms with E-state index in [1.807, 2.05) is 11.3 Å². The van der Waals surface area contributed by atoms with Crippen LogP contribution in [0.4, 0.5) is 5.69 Å². The highest BCUT2D eigenvalue weighted by Gasteiger charge is 2.28. The van der Waals surface area contributed by atoms with E-state index in [1.165, 1.54) is 63.9 Å². The van der Waals surface area contributed by atoms with E-state index in [2.05, 4.69) is 174 Å². The lowest BCUT2D eigenvalue weighted by atomic mass is 10.00. The first kappa shape index (κ1) is 28.9. The van der Waals surface area contributed by atoms with E-state index in [9.17, 15) is 0 Å². The summed E-state index contributed by atoms with van der Waals surface area (Å²) in [5.41, 5.74) is 8.41. The van der Waals surface area contributed by atoms with E-state index in [1.54, 1.807) is 0 Å². The predicted octanol–water partition coefficient (Wildman–Crippen LogP) is 13.0. The Labute approximate surface area is 307 Å². The molecular formula is C48H29N3OS. The van der Waals surface area contributed by atoms with Crippen molar-refractivity contribution in [3.63, 3.8) is 0 Å². The lowest BCUT2D eigenvalue weighted by molar-refractivity contribution is 0.668. The summed E-state index contributed by atoms with van der Waals surface area (Å²) in [6, 6.07) is 58.8. The number of thiophene rings is 1. The third kappa shape index (κ3) is 4.20. The van der Waals surface area contributed by atoms with Gasteiger partial charge in [0.25, 0.3) is 0 Å². The summed E-state index contributed by atoms with van der Waals surface area (Å²) in [7, 11) is 0. The van der Waals surface area contributed by atoms with E-state index in [0.717, 1.165) is 44.7 Å². The maximum Gasteiger partial charge on any atom is 0.137 e. The molecule has 3 aromatic heterocycles. The van der Waals surface area contributed by atoms with Crippen LogP contribution in [0.1, 0.15) is 22.0 Å². The molecule has 1 aliphatic heterocycles. The van der Waals surface area contributed by atoms with Crippen molar-refractivity contribution in [3.05, 3.63) is 180 Å². The van der Waals surface area contributed by atoms with Crippen molar-refractivity contribution in [1.82, 2.24) is 9.88 Å². The number of amidine groups is 1. The van der Waals surface area contributed by atoms with Crippen LogP contribution in [0.5, 0.6) is 0 Å². The fraction of sp³-hybridized carbons (Fsp3) is 0.0208. The molecule has 0 saturated heterocycles. The minimum Gasteiger partial charge on any atom is -0.456 e. The molecule has 0 spiro atoms. The summed E-state index contributed by atoms with van der Waals surface area (Å²) in [6.07, 6.45) is 0. The number of benzene rings is 8. The number of aliphatic imine (C=N–C) groups is 1. The average Bonchev–Trinajstić information content (AvgIpc) is 3.90. The number of rotatable bonds is 3. The highest BCUT2D eigenvalue weighted by Crippen LogP contribution is 2.46. The number of furan rings is 1. The Morgan fingerprint density at radius 3 is 1.91 bits per heavy atom. The van der Waals surface area contributed by atoms with Gasteiger partial charge in [-0.2, -0.15) is 0 Å². The minimum absolute atomic E-state index is 0.00508. The second-order valence-corrected chi connectivity index (χ2v) is 15.0. The molecule has 0 bridgehead atoms. The summed E-state index contributed by atoms with van der Waals surface area (Å²) < 4.78 is 10.4. The fourth-order valence-corrected chi connectivity index (χ4v) is 9.84. The highest BCUT2D eigenvalue weighted by molar-refractivity contribution is 7.19. The predicted molar refractivity (Wildman–Crippen MR) is 223 cm³/mol. The molecule has 53 heavy (non-hydrogen) atoms. The minimum atomic E-state index is 0.00508. The van der Waals surface area contributed by atoms with Crippen LogP contribution in [0, 0.1) is 0 Å². The Bertz CT molecular complexity index is 3240. The summed E-state index contributed by atoms with van der Waals surface area (Å²) in [6.45, 7) is 0. The molecule has 0 fully saturated rings. The maximum atomic E-state index is 6.73. The van der Waals surface area contributed by atoms with Crippen molar-refractivity contribution in [2.45, 2.75) is 6.04 Å². The van der Waals surface area contributed by atoms with Crippen LogP contribution in [0.3, 0.4) is 0 Å². The van der Waals surface area contributed by atoms with E-state index >= 15 is 0 Å². The molecule has 0 radical (unpaired) electrons. The Morgan fingerprint density at radius 2 is 1.17 bits per heavy atom. The third-order valence-corrected chi connectivity index (χ3v) is 12.3. The quantitative estimate of drug-likeness (QED) is 0.200. The number of hydrogen-bond acceptors (Lipinski definition) is 4. The maximum absolute atomic E-state index is 6.73. The van der Waals surface area contributed by atoms with Gasteiger partial charge in [0.15, 0.2) is 0 Å². The normalized spacial score (nSPS) is 14.5. The first-order chi connectivity index (χ1) is 26.3. The molecule has 12 rings (SSSR count). The van der Waals surface area contributed by atoms with Gasteiger partial charge in [-0.25, -0.2) is 4.99 Å². The van der Waals surface area contributed by atoms with Crippen LogP contribution < -0.4 is 5.32 Å². The zero-order valence-electron chi connectivity index (χ0n) is 28.4. The van der Waals surface area contributed by atoms with Crippen molar-refractivity contribution in [1.29, 1.82) is 0 Å².